The van der Waals surface area contributed by atoms with Gasteiger partial charge in [0.2, 0.25) is 11.8 Å². The van der Waals surface area contributed by atoms with Gasteiger partial charge in [-0.1, -0.05) is 32.9 Å². The maximum Gasteiger partial charge on any atom is 0.222 e. The summed E-state index contributed by atoms with van der Waals surface area (Å²) >= 11 is 8.42. The van der Waals surface area contributed by atoms with Gasteiger partial charge in [-0.2, -0.15) is 0 Å². The molecule has 0 saturated carbocycles. The van der Waals surface area contributed by atoms with Gasteiger partial charge >= 0.3 is 0 Å². The predicted octanol–water partition coefficient (Wildman–Crippen LogP) is 5.00. The molecule has 1 aromatic rings. The van der Waals surface area contributed by atoms with Gasteiger partial charge in [0.1, 0.15) is 126 Å². The Hall–Kier alpha value is -6.45. The second-order valence-electron chi connectivity index (χ2n) is 40.1. The molecule has 18 N–H and O–H groups in total. The molecule has 6 fully saturated rings. The molecule has 11 aliphatic heterocycles. The fourth-order valence-electron chi connectivity index (χ4n) is 15.9. The number of aliphatic imine (C=N–C) groups is 5. The molecular weight excluding hydrogens is 2000 g/mol. The number of rotatable bonds is 28. The average molecular weight is 2160 g/mol. The number of hydrogen-bond donors (Lipinski definition) is 15. The predicted molar refractivity (Wildman–Crippen MR) is 581 cm³/mol. The number of aliphatic hydroxyl groups is 10. The van der Waals surface area contributed by atoms with Gasteiger partial charge in [-0.15, -0.1) is 79.1 Å². The number of nitrogens with zero attached hydrogens (tertiary/aromatic N) is 12. The smallest absolute Gasteiger partial charge is 0.222 e. The average Bonchev–Trinajstić information content (AvgIpc) is 1.66. The van der Waals surface area contributed by atoms with Crippen LogP contribution in [0.5, 0.6) is 0 Å². The van der Waals surface area contributed by atoms with E-state index in [0.717, 1.165) is 61.1 Å². The monoisotopic (exact) mass is 2160 g/mol. The third kappa shape index (κ3) is 34.3. The Morgan fingerprint density at radius 2 is 0.693 bits per heavy atom. The van der Waals surface area contributed by atoms with Crippen molar-refractivity contribution in [2.75, 3.05) is 145 Å². The molecule has 6 saturated heterocycles. The van der Waals surface area contributed by atoms with E-state index in [-0.39, 0.29) is 41.8 Å². The van der Waals surface area contributed by atoms with Gasteiger partial charge in [-0.05, 0) is 203 Å². The van der Waals surface area contributed by atoms with Crippen LogP contribution in [0.15, 0.2) is 152 Å². The molecule has 0 unspecified atom stereocenters. The van der Waals surface area contributed by atoms with Crippen molar-refractivity contribution < 1.29 is 108 Å². The molecule has 39 nitrogen and oxygen atoms in total. The molecule has 12 rings (SSSR count). The molecule has 140 heavy (non-hydrogen) atoms. The summed E-state index contributed by atoms with van der Waals surface area (Å²) in [5.74, 6) is 3.75. The first-order valence-corrected chi connectivity index (χ1v) is 65.0. The van der Waals surface area contributed by atoms with Crippen LogP contribution in [0.3, 0.4) is 0 Å². The lowest BCUT2D eigenvalue weighted by atomic mass is 10.0. The number of carbonyl (C=O) groups excluding carboxylic acids is 2. The highest BCUT2D eigenvalue weighted by molar-refractivity contribution is 9.12. The van der Waals surface area contributed by atoms with E-state index in [1.807, 2.05) is 20.2 Å². The maximum absolute atomic E-state index is 11.1. The molecule has 0 aromatic carbocycles. The number of methoxy groups -OCH3 is 4. The topological polar surface area (TPSA) is 527 Å². The highest BCUT2D eigenvalue weighted by Gasteiger charge is 2.53. The number of aliphatic hydroxyl groups excluding tert-OH is 10. The van der Waals surface area contributed by atoms with Gasteiger partial charge in [0.15, 0.2) is 59.1 Å². The zero-order chi connectivity index (χ0) is 106. The number of ether oxygens (including phenoxy) is 10. The van der Waals surface area contributed by atoms with Crippen LogP contribution in [-0.4, -0.2) is 450 Å². The minimum Gasteiger partial charge on any atom is -0.491 e. The number of carbonyl (C=O) groups is 2. The summed E-state index contributed by atoms with van der Waals surface area (Å²) in [6.45, 7) is 42.4. The summed E-state index contributed by atoms with van der Waals surface area (Å²) in [6.07, 6.45) is 31.2. The molecule has 12 heterocycles. The Morgan fingerprint density at radius 1 is 0.421 bits per heavy atom. The molecule has 2 amide bonds. The first-order chi connectivity index (χ1) is 64.7. The van der Waals surface area contributed by atoms with Crippen LogP contribution in [0.4, 0.5) is 0 Å². The van der Waals surface area contributed by atoms with Gasteiger partial charge in [-0.25, -0.2) is 29.9 Å². The molecule has 0 aliphatic carbocycles. The minimum absolute atomic E-state index is 0.203. The van der Waals surface area contributed by atoms with E-state index < -0.39 is 170 Å². The fourth-order valence-corrected chi connectivity index (χ4v) is 22.1. The van der Waals surface area contributed by atoms with Crippen LogP contribution in [0.1, 0.15) is 69.7 Å². The van der Waals surface area contributed by atoms with Crippen molar-refractivity contribution in [1.82, 2.24) is 44.7 Å². The Labute approximate surface area is 840 Å². The second kappa shape index (κ2) is 51.3. The molecule has 24 atom stereocenters. The second-order valence-corrected chi connectivity index (χ2v) is 67.2. The third-order valence-electron chi connectivity index (χ3n) is 23.7. The van der Waals surface area contributed by atoms with Gasteiger partial charge in [-0.3, -0.25) is 9.59 Å². The van der Waals surface area contributed by atoms with Crippen LogP contribution in [0, 0.1) is 11.7 Å². The minimum atomic E-state index is -1.23. The zero-order valence-corrected chi connectivity index (χ0v) is 92.4. The zero-order valence-electron chi connectivity index (χ0n) is 84.7. The lowest BCUT2D eigenvalue weighted by Gasteiger charge is -2.32. The number of aromatic nitrogens is 2. The van der Waals surface area contributed by atoms with E-state index in [1.165, 1.54) is 33.0 Å². The van der Waals surface area contributed by atoms with Crippen molar-refractivity contribution in [3.63, 3.8) is 0 Å². The Bertz CT molecular complexity index is 5330. The molecular formula is C93H156BrN17O22P6S. The summed E-state index contributed by atoms with van der Waals surface area (Å²) in [6, 6.07) is 0. The highest BCUT2D eigenvalue weighted by atomic mass is 79.9. The molecule has 0 spiro atoms. The van der Waals surface area contributed by atoms with Crippen LogP contribution in [0.25, 0.3) is 0 Å². The van der Waals surface area contributed by atoms with Crippen LogP contribution >= 0.6 is 69.5 Å². The maximum atomic E-state index is 11.1. The van der Waals surface area contributed by atoms with Gasteiger partial charge in [0, 0.05) is 71.2 Å². The molecule has 1 aromatic heterocycles. The first-order valence-electron chi connectivity index (χ1n) is 45.5. The lowest BCUT2D eigenvalue weighted by molar-refractivity contribution is -0.118. The Morgan fingerprint density at radius 3 is 1.01 bits per heavy atom. The van der Waals surface area contributed by atoms with E-state index in [4.69, 9.17) is 76.8 Å². The number of hydrogen-bond acceptors (Lipinski definition) is 37. The van der Waals surface area contributed by atoms with Crippen LogP contribution < -0.4 is 27.8 Å². The number of nitrogens with one attached hydrogen (secondary N) is 2. The van der Waals surface area contributed by atoms with Crippen molar-refractivity contribution >= 4 is 148 Å². The fraction of sp³-hybridized carbons (Fsp3) is 0.602. The van der Waals surface area contributed by atoms with Gasteiger partial charge in [0.25, 0.3) is 0 Å². The van der Waals surface area contributed by atoms with E-state index in [1.54, 1.807) is 81.5 Å². The third-order valence-corrected chi connectivity index (χ3v) is 33.5. The molecule has 47 heteroatoms. The summed E-state index contributed by atoms with van der Waals surface area (Å²) in [5, 5.41) is 109. The van der Waals surface area contributed by atoms with Gasteiger partial charge in [0.05, 0.1) is 67.7 Å². The summed E-state index contributed by atoms with van der Waals surface area (Å²) in [7, 11) is 7.90. The first kappa shape index (κ1) is 120. The van der Waals surface area contributed by atoms with E-state index in [0.29, 0.717) is 93.1 Å². The van der Waals surface area contributed by atoms with Crippen molar-refractivity contribution in [2.45, 2.75) is 206 Å². The lowest BCUT2D eigenvalue weighted by Crippen LogP contribution is -2.43. The number of halogens is 1. The number of amidine groups is 5. The van der Waals surface area contributed by atoms with Gasteiger partial charge < -0.3 is 155 Å². The summed E-state index contributed by atoms with van der Waals surface area (Å²) < 4.78 is 59.8. The normalized spacial score (nSPS) is 30.8. The SMILES string of the molecule is C=C1N=C(N)C(Br)=CN1[C@@H]1O[C@H](CCP(=C)(C)C)[C@@H](O)[C@H]1O.C=C1N=C(N)C(OC)=CN1[C@@H]1O[C@H](CCP(=C)(C)C)[C@@H](O)[C@H]1O.C=C1N=C(N)C(OC)=CN1[C@@H]1O[C@H](CCP(=C)(C)C)[C@@H](O)[C@H]1OC.C=C1N=C(NC(C)=O)C=CN1[C@@H]1O[C@H](CCP(=C)(C)C)[C@@H](O)[C@H]1O.C=C1N=C(NC(C)=O)C=CN1[C@@H]1O[C@H](CCP(=C)(C)C)[C@@H](O)[C@H]1OC.C=P(C)(C)CC[C@H]1O[C@@H](c2cn(C)c(=S)nc2C)[C@H](O)[C@@H]1O. The highest BCUT2D eigenvalue weighted by Crippen LogP contribution is 2.47. The molecule has 0 radical (unpaired) electrons. The molecule has 788 valence electrons. The molecule has 11 aliphatic rings. The van der Waals surface area contributed by atoms with Crippen LogP contribution in [-0.2, 0) is 64.0 Å². The Kier molecular flexibility index (Phi) is 44.1. The van der Waals surface area contributed by atoms with Crippen molar-refractivity contribution in [1.29, 1.82) is 0 Å². The summed E-state index contributed by atoms with van der Waals surface area (Å²) in [4.78, 5) is 55.4. The number of nitrogens with two attached hydrogens (primary N) is 3. The number of aryl methyl sites for hydroxylation is 2. The van der Waals surface area contributed by atoms with E-state index in [2.05, 4.69) is 207 Å². The number of amides is 2. The standard InChI is InChI=1S/C17H28N3O4P.C16H28N3O4P.C16H26N3O4P.C15H26N3O4P.C15H25N2O3PS.C14H23BrN3O3P/c1-11-18-14(19-12(2)21)7-9-20(11)17-16(23-3)15(22)13(24-17)8-10-25(4,5)6;1-10-18-15(17)12(21-2)9-19(10)16-14(22-3)13(20)11(23-16)7-8-24(4,5)6;1-10-17-13(18-11(2)20)6-8-19(10)16-15(22)14(21)12(23-16)7-9-24(3,4)5;1-9-17-14(16)11(21-2)8-18(9)15-13(20)12(19)10(22-15)6-7-23(3,4)5;1-9-10(8-17(2)15(22)16-9)14-13(19)12(18)11(20-14)6-7-21(3,4)5;1-8-17-13(16)9(15)7-18(8)14-12(20)11(19)10(21-14)5-6-22(2,3)4/h7,9,13,15-17,22H,1,4,8,10H2,2-3,5-6H3,(H,18,19,21);9,11,13-14,16,20H,1,4,7-8H2,2-3,5-6H3,(H2,17,18);6,8,12,14-16,21-22H,1,3,7,9H2,2,4-5H3,(H,17,18,20);8,10,12-13,15,19-20H,1,3,6-7H2,2,4-5H3,(H2,16,17);8,11-14,18-19H,3,6-7H2,1-2,4-5H3;7,10-12,14,19-20H,1-2,5-6H2,3-4H3,(H2,16,17)/t13-,15-,16-,17-;11-,13-,14-,16-;12-,14-,15-,16-;10-,12-,13-,15-;11-,12-,13-,14+;10-,11-,12-,14-/m111111/s1. The molecule has 0 bridgehead atoms. The van der Waals surface area contributed by atoms with Crippen molar-refractivity contribution in [3.8, 4) is 0 Å². The van der Waals surface area contributed by atoms with E-state index >= 15 is 0 Å². The largest absolute Gasteiger partial charge is 0.491 e. The Balaban J connectivity index is 0.000000229. The van der Waals surface area contributed by atoms with Crippen LogP contribution in [0.2, 0.25) is 0 Å². The van der Waals surface area contributed by atoms with Crippen molar-refractivity contribution in [3.05, 3.63) is 143 Å². The summed E-state index contributed by atoms with van der Waals surface area (Å²) in [5.41, 5.74) is 18.7. The van der Waals surface area contributed by atoms with Crippen molar-refractivity contribution in [2.24, 2.45) is 49.2 Å². The quantitative estimate of drug-likeness (QED) is 0.0387. The van der Waals surface area contributed by atoms with E-state index in [9.17, 15) is 60.7 Å².